The highest BCUT2D eigenvalue weighted by molar-refractivity contribution is 7.91. The van der Waals surface area contributed by atoms with Crippen LogP contribution in [-0.2, 0) is 21.1 Å². The molecule has 2 atom stereocenters. The van der Waals surface area contributed by atoms with Gasteiger partial charge in [-0.15, -0.1) is 0 Å². The van der Waals surface area contributed by atoms with Gasteiger partial charge in [0.2, 0.25) is 5.91 Å². The van der Waals surface area contributed by atoms with Gasteiger partial charge in [-0.2, -0.15) is 0 Å². The highest BCUT2D eigenvalue weighted by Crippen LogP contribution is 2.21. The van der Waals surface area contributed by atoms with Crippen molar-refractivity contribution in [3.63, 3.8) is 0 Å². The summed E-state index contributed by atoms with van der Waals surface area (Å²) in [6, 6.07) is 7.30. The Hall–Kier alpha value is -1.07. The largest absolute Gasteiger partial charge is 0.339 e. The number of carbonyl (C=O) groups is 1. The third-order valence-corrected chi connectivity index (χ3v) is 6.15. The quantitative estimate of drug-likeness (QED) is 0.825. The smallest absolute Gasteiger partial charge is 0.226 e. The number of carbonyl (C=O) groups excluding carboxylic acids is 1. The number of sulfone groups is 1. The van der Waals surface area contributed by atoms with Gasteiger partial charge in [-0.25, -0.2) is 8.42 Å². The van der Waals surface area contributed by atoms with Crippen LogP contribution >= 0.6 is 11.6 Å². The van der Waals surface area contributed by atoms with E-state index < -0.39 is 9.84 Å². The first kappa shape index (κ1) is 17.3. The zero-order valence-corrected chi connectivity index (χ0v) is 14.5. The number of hydrogen-bond acceptors (Lipinski definition) is 3. The zero-order valence-electron chi connectivity index (χ0n) is 13.0. The molecule has 0 saturated carbocycles. The maximum Gasteiger partial charge on any atom is 0.226 e. The molecule has 1 heterocycles. The molecule has 6 heteroatoms. The topological polar surface area (TPSA) is 54.5 Å². The molecule has 2 rings (SSSR count). The molecular formula is C16H22ClNO3S. The summed E-state index contributed by atoms with van der Waals surface area (Å²) in [5.74, 6) is 0.136. The summed E-state index contributed by atoms with van der Waals surface area (Å²) in [6.07, 6.45) is 1.18. The van der Waals surface area contributed by atoms with E-state index in [0.717, 1.165) is 5.56 Å². The van der Waals surface area contributed by atoms with E-state index in [2.05, 4.69) is 0 Å². The van der Waals surface area contributed by atoms with Gasteiger partial charge in [0.15, 0.2) is 9.84 Å². The molecule has 1 fully saturated rings. The second-order valence-electron chi connectivity index (χ2n) is 5.91. The van der Waals surface area contributed by atoms with E-state index in [9.17, 15) is 13.2 Å². The predicted octanol–water partition coefficient (Wildman–Crippen LogP) is 2.55. The van der Waals surface area contributed by atoms with Crippen LogP contribution in [0.5, 0.6) is 0 Å². The Morgan fingerprint density at radius 2 is 2.00 bits per heavy atom. The van der Waals surface area contributed by atoms with E-state index in [4.69, 9.17) is 11.6 Å². The molecule has 4 nitrogen and oxygen atoms in total. The lowest BCUT2D eigenvalue weighted by Crippen LogP contribution is -2.44. The molecular weight excluding hydrogens is 322 g/mol. The third-order valence-electron chi connectivity index (χ3n) is 4.15. The lowest BCUT2D eigenvalue weighted by molar-refractivity contribution is -0.136. The van der Waals surface area contributed by atoms with Gasteiger partial charge in [-0.1, -0.05) is 30.7 Å². The number of amides is 1. The first-order valence-electron chi connectivity index (χ1n) is 7.57. The molecule has 1 saturated heterocycles. The highest BCUT2D eigenvalue weighted by Gasteiger charge is 2.35. The van der Waals surface area contributed by atoms with Crippen molar-refractivity contribution < 1.29 is 13.2 Å². The van der Waals surface area contributed by atoms with Crippen molar-refractivity contribution >= 4 is 27.3 Å². The van der Waals surface area contributed by atoms with Crippen molar-refractivity contribution in [1.82, 2.24) is 4.90 Å². The van der Waals surface area contributed by atoms with Crippen LogP contribution in [0.25, 0.3) is 0 Å². The standard InChI is InChI=1S/C16H22ClNO3S/c1-3-18(15-8-9-22(20,21)11-15)16(19)12(2)10-13-4-6-14(17)7-5-13/h4-7,12,15H,3,8-11H2,1-2H3. The van der Waals surface area contributed by atoms with Crippen LogP contribution in [0.15, 0.2) is 24.3 Å². The summed E-state index contributed by atoms with van der Waals surface area (Å²) < 4.78 is 23.3. The summed E-state index contributed by atoms with van der Waals surface area (Å²) in [4.78, 5) is 14.4. The van der Waals surface area contributed by atoms with Gasteiger partial charge in [-0.05, 0) is 37.5 Å². The maximum absolute atomic E-state index is 12.6. The first-order chi connectivity index (χ1) is 10.3. The number of nitrogens with zero attached hydrogens (tertiary/aromatic N) is 1. The SMILES string of the molecule is CCN(C(=O)C(C)Cc1ccc(Cl)cc1)C1CCS(=O)(=O)C1. The van der Waals surface area contributed by atoms with E-state index in [1.165, 1.54) is 0 Å². The number of halogens is 1. The van der Waals surface area contributed by atoms with Gasteiger partial charge in [-0.3, -0.25) is 4.79 Å². The van der Waals surface area contributed by atoms with Crippen molar-refractivity contribution in [3.8, 4) is 0 Å². The summed E-state index contributed by atoms with van der Waals surface area (Å²) in [5, 5.41) is 0.675. The van der Waals surface area contributed by atoms with Crippen molar-refractivity contribution in [2.75, 3.05) is 18.1 Å². The Balaban J connectivity index is 2.03. The third kappa shape index (κ3) is 4.23. The van der Waals surface area contributed by atoms with Gasteiger partial charge >= 0.3 is 0 Å². The molecule has 122 valence electrons. The second-order valence-corrected chi connectivity index (χ2v) is 8.58. The zero-order chi connectivity index (χ0) is 16.3. The Labute approximate surface area is 137 Å². The van der Waals surface area contributed by atoms with Crippen LogP contribution in [0, 0.1) is 5.92 Å². The molecule has 22 heavy (non-hydrogen) atoms. The van der Waals surface area contributed by atoms with E-state index >= 15 is 0 Å². The normalized spacial score (nSPS) is 21.5. The average molecular weight is 344 g/mol. The minimum Gasteiger partial charge on any atom is -0.339 e. The van der Waals surface area contributed by atoms with Crippen LogP contribution < -0.4 is 0 Å². The predicted molar refractivity (Wildman–Crippen MR) is 88.8 cm³/mol. The van der Waals surface area contributed by atoms with Crippen molar-refractivity contribution in [1.29, 1.82) is 0 Å². The maximum atomic E-state index is 12.6. The fourth-order valence-corrected chi connectivity index (χ4v) is 4.82. The lowest BCUT2D eigenvalue weighted by atomic mass is 9.99. The van der Waals surface area contributed by atoms with E-state index in [1.54, 1.807) is 4.90 Å². The van der Waals surface area contributed by atoms with Crippen molar-refractivity contribution in [2.45, 2.75) is 32.7 Å². The van der Waals surface area contributed by atoms with Crippen molar-refractivity contribution in [2.24, 2.45) is 5.92 Å². The lowest BCUT2D eigenvalue weighted by Gasteiger charge is -2.29. The van der Waals surface area contributed by atoms with Gasteiger partial charge in [0.25, 0.3) is 0 Å². The summed E-state index contributed by atoms with van der Waals surface area (Å²) in [6.45, 7) is 4.34. The minimum absolute atomic E-state index is 0.0274. The van der Waals surface area contributed by atoms with Crippen LogP contribution in [0.4, 0.5) is 0 Å². The molecule has 1 aliphatic rings. The monoisotopic (exact) mass is 343 g/mol. The van der Waals surface area contributed by atoms with Gasteiger partial charge in [0, 0.05) is 23.5 Å². The molecule has 0 radical (unpaired) electrons. The molecule has 1 aromatic rings. The fraction of sp³-hybridized carbons (Fsp3) is 0.562. The number of hydrogen-bond donors (Lipinski definition) is 0. The van der Waals surface area contributed by atoms with Crippen molar-refractivity contribution in [3.05, 3.63) is 34.9 Å². The molecule has 0 bridgehead atoms. The molecule has 0 aromatic heterocycles. The molecule has 1 amide bonds. The average Bonchev–Trinajstić information content (AvgIpc) is 2.82. The molecule has 0 aliphatic carbocycles. The van der Waals surface area contributed by atoms with Crippen LogP contribution in [0.3, 0.4) is 0 Å². The number of benzene rings is 1. The van der Waals surface area contributed by atoms with Crippen LogP contribution in [0.1, 0.15) is 25.8 Å². The van der Waals surface area contributed by atoms with Gasteiger partial charge in [0.05, 0.1) is 11.5 Å². The van der Waals surface area contributed by atoms with Crippen LogP contribution in [0.2, 0.25) is 5.02 Å². The highest BCUT2D eigenvalue weighted by atomic mass is 35.5. The van der Waals surface area contributed by atoms with Crippen LogP contribution in [-0.4, -0.2) is 43.3 Å². The van der Waals surface area contributed by atoms with Gasteiger partial charge < -0.3 is 4.90 Å². The molecule has 1 aliphatic heterocycles. The summed E-state index contributed by atoms with van der Waals surface area (Å²) in [7, 11) is -2.98. The Kier molecular flexibility index (Phi) is 5.50. The summed E-state index contributed by atoms with van der Waals surface area (Å²) >= 11 is 5.86. The van der Waals surface area contributed by atoms with E-state index in [-0.39, 0.29) is 29.4 Å². The van der Waals surface area contributed by atoms with E-state index in [0.29, 0.717) is 24.4 Å². The molecule has 0 spiro atoms. The summed E-state index contributed by atoms with van der Waals surface area (Å²) in [5.41, 5.74) is 1.06. The molecule has 0 N–H and O–H groups in total. The minimum atomic E-state index is -2.98. The number of rotatable bonds is 5. The first-order valence-corrected chi connectivity index (χ1v) is 9.77. The molecule has 2 unspecified atom stereocenters. The Morgan fingerprint density at radius 3 is 2.50 bits per heavy atom. The second kappa shape index (κ2) is 7.01. The van der Waals surface area contributed by atoms with Gasteiger partial charge in [0.1, 0.15) is 0 Å². The van der Waals surface area contributed by atoms with E-state index in [1.807, 2.05) is 38.1 Å². The Bertz CT molecular complexity index is 627. The Morgan fingerprint density at radius 1 is 1.36 bits per heavy atom. The molecule has 1 aromatic carbocycles. The fourth-order valence-electron chi connectivity index (χ4n) is 2.96.